The van der Waals surface area contributed by atoms with Crippen LogP contribution >= 0.6 is 0 Å². The fraction of sp³-hybridized carbons (Fsp3) is 0.333. The lowest BCUT2D eigenvalue weighted by atomic mass is 10.1. The van der Waals surface area contributed by atoms with E-state index in [4.69, 9.17) is 0 Å². The van der Waals surface area contributed by atoms with Crippen LogP contribution in [0.3, 0.4) is 0 Å². The van der Waals surface area contributed by atoms with Crippen molar-refractivity contribution in [3.05, 3.63) is 59.9 Å². The zero-order chi connectivity index (χ0) is 19.7. The van der Waals surface area contributed by atoms with Gasteiger partial charge in [0.25, 0.3) is 0 Å². The molecule has 27 heavy (non-hydrogen) atoms. The highest BCUT2D eigenvalue weighted by molar-refractivity contribution is 7.89. The van der Waals surface area contributed by atoms with Crippen LogP contribution in [-0.2, 0) is 20.0 Å². The van der Waals surface area contributed by atoms with Crippen LogP contribution in [0.15, 0.2) is 58.3 Å². The molecular weight excluding hydrogens is 391 g/mol. The van der Waals surface area contributed by atoms with Crippen LogP contribution < -0.4 is 4.72 Å². The molecule has 1 aliphatic rings. The van der Waals surface area contributed by atoms with Crippen LogP contribution in [0.5, 0.6) is 0 Å². The fourth-order valence-corrected chi connectivity index (χ4v) is 5.74. The highest BCUT2D eigenvalue weighted by Crippen LogP contribution is 2.23. The average molecular weight is 413 g/mol. The molecule has 1 heterocycles. The molecule has 3 rings (SSSR count). The second-order valence-electron chi connectivity index (χ2n) is 6.48. The maximum Gasteiger partial charge on any atom is 0.243 e. The van der Waals surface area contributed by atoms with Crippen molar-refractivity contribution < 1.29 is 21.2 Å². The van der Waals surface area contributed by atoms with Crippen LogP contribution in [0.25, 0.3) is 0 Å². The van der Waals surface area contributed by atoms with E-state index in [9.17, 15) is 21.2 Å². The lowest BCUT2D eigenvalue weighted by molar-refractivity contribution is 0.477. The Labute approximate surface area is 159 Å². The first-order chi connectivity index (χ1) is 12.7. The number of nitrogens with one attached hydrogen (secondary N) is 1. The smallest absolute Gasteiger partial charge is 0.207 e. The molecule has 146 valence electrons. The summed E-state index contributed by atoms with van der Waals surface area (Å²) in [6, 6.07) is 10.2. The molecule has 0 aromatic heterocycles. The molecule has 0 radical (unpaired) electrons. The maximum atomic E-state index is 13.0. The van der Waals surface area contributed by atoms with E-state index < -0.39 is 31.9 Å². The Morgan fingerprint density at radius 1 is 0.889 bits per heavy atom. The van der Waals surface area contributed by atoms with Gasteiger partial charge in [-0.15, -0.1) is 0 Å². The zero-order valence-electron chi connectivity index (χ0n) is 14.8. The Morgan fingerprint density at radius 3 is 1.96 bits per heavy atom. The van der Waals surface area contributed by atoms with Gasteiger partial charge in [-0.1, -0.05) is 12.1 Å². The first kappa shape index (κ1) is 19.9. The van der Waals surface area contributed by atoms with Gasteiger partial charge < -0.3 is 0 Å². The van der Waals surface area contributed by atoms with Crippen molar-refractivity contribution in [1.29, 1.82) is 0 Å². The van der Waals surface area contributed by atoms with Crippen LogP contribution in [0.2, 0.25) is 0 Å². The first-order valence-electron chi connectivity index (χ1n) is 8.58. The number of halogens is 1. The van der Waals surface area contributed by atoms with Gasteiger partial charge in [-0.3, -0.25) is 0 Å². The van der Waals surface area contributed by atoms with E-state index in [1.165, 1.54) is 52.8 Å². The van der Waals surface area contributed by atoms with Crippen molar-refractivity contribution in [2.45, 2.75) is 35.6 Å². The minimum atomic E-state index is -3.85. The Kier molecular flexibility index (Phi) is 5.66. The fourth-order valence-electron chi connectivity index (χ4n) is 2.99. The minimum absolute atomic E-state index is 0.0307. The maximum absolute atomic E-state index is 13.0. The third-order valence-electron chi connectivity index (χ3n) is 4.54. The van der Waals surface area contributed by atoms with Crippen LogP contribution in [0, 0.1) is 5.82 Å². The molecule has 0 amide bonds. The van der Waals surface area contributed by atoms with Gasteiger partial charge in [-0.2, -0.15) is 4.31 Å². The normalized spacial score (nSPS) is 17.1. The van der Waals surface area contributed by atoms with Crippen molar-refractivity contribution in [3.8, 4) is 0 Å². The lowest BCUT2D eigenvalue weighted by Crippen LogP contribution is -2.28. The van der Waals surface area contributed by atoms with Crippen LogP contribution in [0.1, 0.15) is 31.4 Å². The quantitative estimate of drug-likeness (QED) is 0.791. The Morgan fingerprint density at radius 2 is 1.41 bits per heavy atom. The second-order valence-corrected chi connectivity index (χ2v) is 10.1. The summed E-state index contributed by atoms with van der Waals surface area (Å²) in [5, 5.41) is 0. The molecule has 0 bridgehead atoms. The van der Waals surface area contributed by atoms with E-state index in [1.54, 1.807) is 6.92 Å². The number of benzene rings is 2. The predicted octanol–water partition coefficient (Wildman–Crippen LogP) is 2.65. The summed E-state index contributed by atoms with van der Waals surface area (Å²) >= 11 is 0. The third kappa shape index (κ3) is 4.37. The van der Waals surface area contributed by atoms with E-state index in [1.807, 2.05) is 0 Å². The first-order valence-corrected chi connectivity index (χ1v) is 11.5. The van der Waals surface area contributed by atoms with Gasteiger partial charge in [0, 0.05) is 19.1 Å². The lowest BCUT2D eigenvalue weighted by Gasteiger charge is -2.17. The Balaban J connectivity index is 1.78. The number of hydrogen-bond donors (Lipinski definition) is 1. The molecule has 1 saturated heterocycles. The number of rotatable bonds is 6. The number of hydrogen-bond acceptors (Lipinski definition) is 4. The SMILES string of the molecule is C[C@H](NS(=O)(=O)c1ccc(S(=O)(=O)N2CCCC2)cc1)c1ccc(F)cc1. The summed E-state index contributed by atoms with van der Waals surface area (Å²) in [7, 11) is -7.44. The summed E-state index contributed by atoms with van der Waals surface area (Å²) in [4.78, 5) is 0.0479. The molecule has 0 saturated carbocycles. The highest BCUT2D eigenvalue weighted by Gasteiger charge is 2.27. The van der Waals surface area contributed by atoms with E-state index in [-0.39, 0.29) is 9.79 Å². The monoisotopic (exact) mass is 412 g/mol. The van der Waals surface area contributed by atoms with E-state index in [0.717, 1.165) is 12.8 Å². The van der Waals surface area contributed by atoms with Gasteiger partial charge in [-0.25, -0.2) is 25.9 Å². The molecule has 1 fully saturated rings. The molecule has 0 spiro atoms. The van der Waals surface area contributed by atoms with Gasteiger partial charge in [0.05, 0.1) is 9.79 Å². The van der Waals surface area contributed by atoms with Crippen molar-refractivity contribution in [2.75, 3.05) is 13.1 Å². The molecular formula is C18H21FN2O4S2. The summed E-state index contributed by atoms with van der Waals surface area (Å²) in [5.41, 5.74) is 0.619. The predicted molar refractivity (Wildman–Crippen MR) is 99.6 cm³/mol. The van der Waals surface area contributed by atoms with E-state index >= 15 is 0 Å². The average Bonchev–Trinajstić information content (AvgIpc) is 3.17. The third-order valence-corrected chi connectivity index (χ3v) is 8.01. The molecule has 0 aliphatic carbocycles. The topological polar surface area (TPSA) is 83.5 Å². The van der Waals surface area contributed by atoms with Crippen molar-refractivity contribution >= 4 is 20.0 Å². The number of nitrogens with zero attached hydrogens (tertiary/aromatic N) is 1. The van der Waals surface area contributed by atoms with Crippen molar-refractivity contribution in [2.24, 2.45) is 0 Å². The molecule has 1 N–H and O–H groups in total. The standard InChI is InChI=1S/C18H21FN2O4S2/c1-14(15-4-6-16(19)7-5-15)20-26(22,23)17-8-10-18(11-9-17)27(24,25)21-12-2-3-13-21/h4-11,14,20H,2-3,12-13H2,1H3/t14-/m0/s1. The molecule has 2 aromatic carbocycles. The van der Waals surface area contributed by atoms with Crippen molar-refractivity contribution in [3.63, 3.8) is 0 Å². The Bertz CT molecular complexity index is 998. The minimum Gasteiger partial charge on any atom is -0.207 e. The van der Waals surface area contributed by atoms with E-state index in [0.29, 0.717) is 18.7 Å². The molecule has 1 aliphatic heterocycles. The summed E-state index contributed by atoms with van der Waals surface area (Å²) in [6.45, 7) is 2.62. The second kappa shape index (κ2) is 7.67. The molecule has 0 unspecified atom stereocenters. The highest BCUT2D eigenvalue weighted by atomic mass is 32.2. The van der Waals surface area contributed by atoms with Gasteiger partial charge >= 0.3 is 0 Å². The summed E-state index contributed by atoms with van der Waals surface area (Å²) < 4.78 is 67.1. The van der Waals surface area contributed by atoms with Gasteiger partial charge in [0.1, 0.15) is 5.82 Å². The summed E-state index contributed by atoms with van der Waals surface area (Å²) in [6.07, 6.45) is 1.66. The summed E-state index contributed by atoms with van der Waals surface area (Å²) in [5.74, 6) is -0.399. The van der Waals surface area contributed by atoms with Gasteiger partial charge in [-0.05, 0) is 61.7 Å². The molecule has 9 heteroatoms. The van der Waals surface area contributed by atoms with E-state index in [2.05, 4.69) is 4.72 Å². The van der Waals surface area contributed by atoms with Gasteiger partial charge in [0.15, 0.2) is 0 Å². The molecule has 1 atom stereocenters. The van der Waals surface area contributed by atoms with Gasteiger partial charge in [0.2, 0.25) is 20.0 Å². The van der Waals surface area contributed by atoms with Crippen LogP contribution in [-0.4, -0.2) is 34.2 Å². The number of sulfonamides is 2. The molecule has 2 aromatic rings. The Hall–Kier alpha value is -1.81. The molecule has 6 nitrogen and oxygen atoms in total. The van der Waals surface area contributed by atoms with Crippen LogP contribution in [0.4, 0.5) is 4.39 Å². The van der Waals surface area contributed by atoms with Crippen molar-refractivity contribution in [1.82, 2.24) is 9.03 Å². The zero-order valence-corrected chi connectivity index (χ0v) is 16.4. The largest absolute Gasteiger partial charge is 0.243 e.